The Balaban J connectivity index is 1.54. The summed E-state index contributed by atoms with van der Waals surface area (Å²) in [5.74, 6) is -0.300. The largest absolute Gasteiger partial charge is 0.484 e. The van der Waals surface area contributed by atoms with Gasteiger partial charge in [0.05, 0.1) is 20.8 Å². The lowest BCUT2D eigenvalue weighted by Gasteiger charge is -2.10. The van der Waals surface area contributed by atoms with Crippen LogP contribution < -0.4 is 15.4 Å². The molecule has 5 nitrogen and oxygen atoms in total. The van der Waals surface area contributed by atoms with E-state index in [9.17, 15) is 9.59 Å². The minimum absolute atomic E-state index is 0.218. The Hall–Kier alpha value is -2.44. The fourth-order valence-corrected chi connectivity index (χ4v) is 3.05. The van der Waals surface area contributed by atoms with E-state index >= 15 is 0 Å². The normalized spacial score (nSPS) is 10.4. The molecule has 2 amide bonds. The molecule has 0 heterocycles. The molecule has 9 heteroatoms. The highest BCUT2D eigenvalue weighted by molar-refractivity contribution is 6.42. The number of nitrogens with one attached hydrogen (secondary N) is 2. The molecule has 2 N–H and O–H groups in total. The Morgan fingerprint density at radius 3 is 2.17 bits per heavy atom. The van der Waals surface area contributed by atoms with Gasteiger partial charge in [-0.1, -0.05) is 46.4 Å². The van der Waals surface area contributed by atoms with Crippen molar-refractivity contribution in [2.75, 3.05) is 17.2 Å². The number of hydrogen-bond acceptors (Lipinski definition) is 3. The second kappa shape index (κ2) is 10.0. The van der Waals surface area contributed by atoms with E-state index in [-0.39, 0.29) is 18.4 Å². The smallest absolute Gasteiger partial charge is 0.262 e. The van der Waals surface area contributed by atoms with Gasteiger partial charge in [0.2, 0.25) is 0 Å². The van der Waals surface area contributed by atoms with E-state index in [1.54, 1.807) is 60.7 Å². The van der Waals surface area contributed by atoms with E-state index in [0.717, 1.165) is 0 Å². The number of benzene rings is 3. The van der Waals surface area contributed by atoms with E-state index in [0.29, 0.717) is 42.8 Å². The summed E-state index contributed by atoms with van der Waals surface area (Å²) in [4.78, 5) is 24.4. The van der Waals surface area contributed by atoms with E-state index in [1.165, 1.54) is 0 Å². The highest BCUT2D eigenvalue weighted by atomic mass is 35.5. The molecule has 0 aliphatic heterocycles. The molecule has 3 aromatic carbocycles. The van der Waals surface area contributed by atoms with Crippen molar-refractivity contribution in [3.8, 4) is 5.75 Å². The number of amides is 2. The van der Waals surface area contributed by atoms with Crippen LogP contribution in [0.25, 0.3) is 0 Å². The molecule has 0 aliphatic rings. The summed E-state index contributed by atoms with van der Waals surface area (Å²) >= 11 is 23.7. The van der Waals surface area contributed by atoms with E-state index < -0.39 is 0 Å². The Morgan fingerprint density at radius 1 is 0.767 bits per heavy atom. The highest BCUT2D eigenvalue weighted by Gasteiger charge is 2.10. The molecule has 0 saturated carbocycles. The SMILES string of the molecule is O=C(COc1ccc(C(=O)Nc2cc(Cl)ccc2Cl)cc1)Nc1ccc(Cl)c(Cl)c1. The second-order valence-electron chi connectivity index (χ2n) is 6.07. The van der Waals surface area contributed by atoms with Gasteiger partial charge in [-0.25, -0.2) is 0 Å². The molecular weight excluding hydrogens is 470 g/mol. The predicted molar refractivity (Wildman–Crippen MR) is 121 cm³/mol. The van der Waals surface area contributed by atoms with Gasteiger partial charge in [0.25, 0.3) is 11.8 Å². The van der Waals surface area contributed by atoms with Gasteiger partial charge in [0.1, 0.15) is 5.75 Å². The zero-order chi connectivity index (χ0) is 21.7. The van der Waals surface area contributed by atoms with Crippen LogP contribution in [0.5, 0.6) is 5.75 Å². The zero-order valence-electron chi connectivity index (χ0n) is 15.2. The van der Waals surface area contributed by atoms with Crippen molar-refractivity contribution in [1.82, 2.24) is 0 Å². The summed E-state index contributed by atoms with van der Waals surface area (Å²) in [6.45, 7) is -0.218. The van der Waals surface area contributed by atoms with Crippen molar-refractivity contribution < 1.29 is 14.3 Å². The summed E-state index contributed by atoms with van der Waals surface area (Å²) in [6, 6.07) is 15.9. The van der Waals surface area contributed by atoms with E-state index in [4.69, 9.17) is 51.1 Å². The first-order chi connectivity index (χ1) is 14.3. The van der Waals surface area contributed by atoms with Crippen LogP contribution >= 0.6 is 46.4 Å². The van der Waals surface area contributed by atoms with Gasteiger partial charge in [0.15, 0.2) is 6.61 Å². The Morgan fingerprint density at radius 2 is 1.47 bits per heavy atom. The van der Waals surface area contributed by atoms with E-state index in [1.807, 2.05) is 0 Å². The van der Waals surface area contributed by atoms with Gasteiger partial charge in [-0.3, -0.25) is 9.59 Å². The van der Waals surface area contributed by atoms with Crippen molar-refractivity contribution in [3.05, 3.63) is 86.3 Å². The molecular formula is C21H14Cl4N2O3. The molecule has 0 bridgehead atoms. The van der Waals surface area contributed by atoms with Crippen molar-refractivity contribution >= 4 is 69.6 Å². The molecule has 154 valence electrons. The fourth-order valence-electron chi connectivity index (χ4n) is 2.41. The first kappa shape index (κ1) is 22.2. The number of carbonyl (C=O) groups excluding carboxylic acids is 2. The van der Waals surface area contributed by atoms with Gasteiger partial charge in [0, 0.05) is 16.3 Å². The average Bonchev–Trinajstić information content (AvgIpc) is 2.72. The van der Waals surface area contributed by atoms with Crippen LogP contribution in [0.3, 0.4) is 0 Å². The van der Waals surface area contributed by atoms with Crippen LogP contribution in [-0.4, -0.2) is 18.4 Å². The fraction of sp³-hybridized carbons (Fsp3) is 0.0476. The van der Waals surface area contributed by atoms with Crippen molar-refractivity contribution in [3.63, 3.8) is 0 Å². The first-order valence-corrected chi connectivity index (χ1v) is 10.1. The summed E-state index contributed by atoms with van der Waals surface area (Å²) in [7, 11) is 0. The molecule has 3 aromatic rings. The van der Waals surface area contributed by atoms with Crippen LogP contribution in [-0.2, 0) is 4.79 Å². The standard InChI is InChI=1S/C21H14Cl4N2O3/c22-13-3-7-17(24)19(9-13)27-21(29)12-1-5-15(6-2-12)30-11-20(28)26-14-4-8-16(23)18(25)10-14/h1-10H,11H2,(H,26,28)(H,27,29). The van der Waals surface area contributed by atoms with Gasteiger partial charge in [-0.05, 0) is 60.7 Å². The number of ether oxygens (including phenoxy) is 1. The summed E-state index contributed by atoms with van der Waals surface area (Å²) < 4.78 is 5.44. The molecule has 0 saturated heterocycles. The lowest BCUT2D eigenvalue weighted by atomic mass is 10.2. The molecule has 0 aliphatic carbocycles. The molecule has 3 rings (SSSR count). The van der Waals surface area contributed by atoms with Crippen LogP contribution in [0, 0.1) is 0 Å². The minimum atomic E-state index is -0.370. The van der Waals surface area contributed by atoms with Crippen LogP contribution in [0.2, 0.25) is 20.1 Å². The van der Waals surface area contributed by atoms with E-state index in [2.05, 4.69) is 10.6 Å². The van der Waals surface area contributed by atoms with Crippen LogP contribution in [0.4, 0.5) is 11.4 Å². The minimum Gasteiger partial charge on any atom is -0.484 e. The van der Waals surface area contributed by atoms with Gasteiger partial charge < -0.3 is 15.4 Å². The molecule has 0 fully saturated rings. The third-order valence-corrected chi connectivity index (χ3v) is 5.17. The highest BCUT2D eigenvalue weighted by Crippen LogP contribution is 2.26. The zero-order valence-corrected chi connectivity index (χ0v) is 18.2. The third kappa shape index (κ3) is 6.03. The lowest BCUT2D eigenvalue weighted by Crippen LogP contribution is -2.20. The van der Waals surface area contributed by atoms with Gasteiger partial charge in [-0.15, -0.1) is 0 Å². The maximum Gasteiger partial charge on any atom is 0.262 e. The molecule has 0 spiro atoms. The number of halogens is 4. The Labute approximate surface area is 192 Å². The average molecular weight is 484 g/mol. The van der Waals surface area contributed by atoms with Crippen LogP contribution in [0.1, 0.15) is 10.4 Å². The number of anilines is 2. The third-order valence-electron chi connectivity index (χ3n) is 3.87. The molecule has 0 radical (unpaired) electrons. The van der Waals surface area contributed by atoms with Crippen LogP contribution in [0.15, 0.2) is 60.7 Å². The number of hydrogen-bond donors (Lipinski definition) is 2. The topological polar surface area (TPSA) is 67.4 Å². The summed E-state index contributed by atoms with van der Waals surface area (Å²) in [5, 5.41) is 6.91. The summed E-state index contributed by atoms with van der Waals surface area (Å²) in [6.07, 6.45) is 0. The molecule has 30 heavy (non-hydrogen) atoms. The monoisotopic (exact) mass is 482 g/mol. The number of rotatable bonds is 6. The molecule has 0 unspecified atom stereocenters. The molecule has 0 atom stereocenters. The number of carbonyl (C=O) groups is 2. The van der Waals surface area contributed by atoms with Crippen molar-refractivity contribution in [2.24, 2.45) is 0 Å². The van der Waals surface area contributed by atoms with Gasteiger partial charge >= 0.3 is 0 Å². The summed E-state index contributed by atoms with van der Waals surface area (Å²) in [5.41, 5.74) is 1.30. The first-order valence-electron chi connectivity index (χ1n) is 8.56. The van der Waals surface area contributed by atoms with Crippen molar-refractivity contribution in [1.29, 1.82) is 0 Å². The maximum atomic E-state index is 12.4. The molecule has 0 aromatic heterocycles. The van der Waals surface area contributed by atoms with Gasteiger partial charge in [-0.2, -0.15) is 0 Å². The quantitative estimate of drug-likeness (QED) is 0.416. The van der Waals surface area contributed by atoms with Crippen molar-refractivity contribution in [2.45, 2.75) is 0 Å². The Bertz CT molecular complexity index is 1090. The predicted octanol–water partition coefficient (Wildman–Crippen LogP) is 6.57. The lowest BCUT2D eigenvalue weighted by molar-refractivity contribution is -0.118. The Kier molecular flexibility index (Phi) is 7.45. The second-order valence-corrected chi connectivity index (χ2v) is 7.73. The maximum absolute atomic E-state index is 12.4.